The Bertz CT molecular complexity index is 1300. The van der Waals surface area contributed by atoms with Crippen molar-refractivity contribution in [3.05, 3.63) is 109 Å². The number of para-hydroxylation sites is 1. The van der Waals surface area contributed by atoms with Gasteiger partial charge in [0.2, 0.25) is 0 Å². The van der Waals surface area contributed by atoms with Crippen LogP contribution in [0.5, 0.6) is 11.5 Å². The highest BCUT2D eigenvalue weighted by Crippen LogP contribution is 2.42. The van der Waals surface area contributed by atoms with Crippen molar-refractivity contribution in [2.45, 2.75) is 50.2 Å². The third-order valence-corrected chi connectivity index (χ3v) is 7.58. The number of aromatic nitrogens is 2. The van der Waals surface area contributed by atoms with E-state index in [1.807, 2.05) is 60.8 Å². The highest BCUT2D eigenvalue weighted by atomic mass is 32.1. The van der Waals surface area contributed by atoms with Crippen LogP contribution in [0.2, 0.25) is 0 Å². The van der Waals surface area contributed by atoms with Crippen LogP contribution < -0.4 is 15.0 Å². The number of nitrogens with one attached hydrogen (secondary N) is 1. The zero-order valence-corrected chi connectivity index (χ0v) is 21.0. The van der Waals surface area contributed by atoms with Crippen molar-refractivity contribution in [2.24, 2.45) is 0 Å². The summed E-state index contributed by atoms with van der Waals surface area (Å²) in [5.41, 5.74) is 3.26. The number of ether oxygens (including phenoxy) is 1. The zero-order chi connectivity index (χ0) is 24.3. The number of hydrogen-bond donors (Lipinski definition) is 1. The molecular weight excluding hydrogens is 464 g/mol. The van der Waals surface area contributed by atoms with E-state index in [1.165, 1.54) is 37.7 Å². The van der Waals surface area contributed by atoms with E-state index in [0.717, 1.165) is 22.9 Å². The van der Waals surface area contributed by atoms with Gasteiger partial charge in [0.05, 0.1) is 17.8 Å². The van der Waals surface area contributed by atoms with Crippen molar-refractivity contribution in [1.82, 2.24) is 14.9 Å². The van der Waals surface area contributed by atoms with E-state index in [-0.39, 0.29) is 12.1 Å². The summed E-state index contributed by atoms with van der Waals surface area (Å²) in [6.07, 6.45) is 12.9. The molecule has 182 valence electrons. The van der Waals surface area contributed by atoms with Crippen LogP contribution in [0, 0.1) is 0 Å². The molecule has 0 unspecified atom stereocenters. The number of pyridine rings is 1. The molecule has 3 heterocycles. The number of benzene rings is 2. The van der Waals surface area contributed by atoms with Crippen LogP contribution in [0.3, 0.4) is 0 Å². The molecule has 1 N–H and O–H groups in total. The van der Waals surface area contributed by atoms with E-state index in [0.29, 0.717) is 11.2 Å². The minimum Gasteiger partial charge on any atom is -0.457 e. The number of rotatable bonds is 6. The summed E-state index contributed by atoms with van der Waals surface area (Å²) < 4.78 is 8.43. The molecule has 2 aliphatic rings. The molecule has 0 bridgehead atoms. The average molecular weight is 495 g/mol. The van der Waals surface area contributed by atoms with Crippen molar-refractivity contribution < 1.29 is 4.74 Å². The van der Waals surface area contributed by atoms with E-state index < -0.39 is 0 Å². The van der Waals surface area contributed by atoms with Gasteiger partial charge in [0.1, 0.15) is 11.5 Å². The van der Waals surface area contributed by atoms with Crippen LogP contribution in [-0.2, 0) is 0 Å². The molecule has 0 amide bonds. The summed E-state index contributed by atoms with van der Waals surface area (Å²) in [5, 5.41) is 4.27. The molecule has 2 aromatic carbocycles. The summed E-state index contributed by atoms with van der Waals surface area (Å²) in [6, 6.07) is 26.9. The largest absolute Gasteiger partial charge is 0.457 e. The second-order valence-corrected chi connectivity index (χ2v) is 9.98. The van der Waals surface area contributed by atoms with Crippen LogP contribution >= 0.6 is 12.2 Å². The molecule has 6 rings (SSSR count). The molecule has 6 heteroatoms. The van der Waals surface area contributed by atoms with E-state index >= 15 is 0 Å². The Kier molecular flexibility index (Phi) is 6.43. The molecule has 2 aromatic heterocycles. The molecule has 1 saturated carbocycles. The van der Waals surface area contributed by atoms with Gasteiger partial charge < -0.3 is 19.5 Å². The third-order valence-electron chi connectivity index (χ3n) is 7.27. The van der Waals surface area contributed by atoms with Gasteiger partial charge in [-0.2, -0.15) is 0 Å². The third kappa shape index (κ3) is 4.61. The van der Waals surface area contributed by atoms with Gasteiger partial charge >= 0.3 is 0 Å². The Hall–Kier alpha value is -3.64. The second kappa shape index (κ2) is 10.2. The summed E-state index contributed by atoms with van der Waals surface area (Å²) in [4.78, 5) is 6.90. The van der Waals surface area contributed by atoms with E-state index in [2.05, 4.69) is 56.4 Å². The smallest absolute Gasteiger partial charge is 0.174 e. The molecular formula is C30H30N4OS. The van der Waals surface area contributed by atoms with Gasteiger partial charge in [0.15, 0.2) is 5.11 Å². The standard InChI is InChI=1S/C30H30N4OS/c36-30-32-28(27-13-7-8-19-31-27)29(22-18-20-33(21-22)23-9-3-1-4-10-23)34(30)24-14-16-26(17-15-24)35-25-11-5-2-6-12-25/h2,5-8,11-21,23,28-29H,1,3-4,9-10H2,(H,32,36)/t28-,29-/m0/s1. The Morgan fingerprint density at radius 3 is 2.33 bits per heavy atom. The Labute approximate surface area is 217 Å². The Balaban J connectivity index is 1.33. The lowest BCUT2D eigenvalue weighted by Crippen LogP contribution is -2.29. The van der Waals surface area contributed by atoms with Gasteiger partial charge in [-0.15, -0.1) is 0 Å². The van der Waals surface area contributed by atoms with Crippen molar-refractivity contribution in [1.29, 1.82) is 0 Å². The molecule has 2 fully saturated rings. The predicted molar refractivity (Wildman–Crippen MR) is 147 cm³/mol. The maximum absolute atomic E-state index is 6.01. The SMILES string of the molecule is S=C1N[C@@H](c2ccccn2)[C@H](c2ccn(C3CCCCC3)c2)N1c1ccc(Oc2ccccc2)cc1. The molecule has 2 atom stereocenters. The van der Waals surface area contributed by atoms with Crippen LogP contribution in [0.1, 0.15) is 61.5 Å². The molecule has 36 heavy (non-hydrogen) atoms. The lowest BCUT2D eigenvalue weighted by molar-refractivity contribution is 0.353. The minimum atomic E-state index is -0.0406. The topological polar surface area (TPSA) is 42.3 Å². The monoisotopic (exact) mass is 494 g/mol. The highest BCUT2D eigenvalue weighted by molar-refractivity contribution is 7.80. The van der Waals surface area contributed by atoms with Crippen molar-refractivity contribution in [2.75, 3.05) is 4.90 Å². The van der Waals surface area contributed by atoms with Crippen LogP contribution in [-0.4, -0.2) is 14.7 Å². The maximum Gasteiger partial charge on any atom is 0.174 e. The van der Waals surface area contributed by atoms with Gasteiger partial charge in [-0.25, -0.2) is 0 Å². The van der Waals surface area contributed by atoms with Crippen molar-refractivity contribution in [3.63, 3.8) is 0 Å². The van der Waals surface area contributed by atoms with Gasteiger partial charge in [0.25, 0.3) is 0 Å². The van der Waals surface area contributed by atoms with Crippen LogP contribution in [0.15, 0.2) is 97.5 Å². The first-order chi connectivity index (χ1) is 17.8. The lowest BCUT2D eigenvalue weighted by Gasteiger charge is -2.28. The van der Waals surface area contributed by atoms with Crippen LogP contribution in [0.25, 0.3) is 0 Å². The van der Waals surface area contributed by atoms with Gasteiger partial charge in [0, 0.05) is 30.3 Å². The van der Waals surface area contributed by atoms with Gasteiger partial charge in [-0.3, -0.25) is 4.98 Å². The number of nitrogens with zero attached hydrogens (tertiary/aromatic N) is 3. The van der Waals surface area contributed by atoms with Gasteiger partial charge in [-0.05, 0) is 85.2 Å². The molecule has 0 radical (unpaired) electrons. The lowest BCUT2D eigenvalue weighted by atomic mass is 9.95. The van der Waals surface area contributed by atoms with Gasteiger partial charge in [-0.1, -0.05) is 43.5 Å². The zero-order valence-electron chi connectivity index (χ0n) is 20.2. The average Bonchev–Trinajstić information content (AvgIpc) is 3.56. The Morgan fingerprint density at radius 2 is 1.58 bits per heavy atom. The normalized spacial score (nSPS) is 20.3. The van der Waals surface area contributed by atoms with E-state index in [4.69, 9.17) is 17.0 Å². The minimum absolute atomic E-state index is 0.00173. The predicted octanol–water partition coefficient (Wildman–Crippen LogP) is 7.36. The summed E-state index contributed by atoms with van der Waals surface area (Å²) in [7, 11) is 0. The highest BCUT2D eigenvalue weighted by Gasteiger charge is 2.41. The quantitative estimate of drug-likeness (QED) is 0.284. The summed E-state index contributed by atoms with van der Waals surface area (Å²) in [6.45, 7) is 0. The molecule has 1 aliphatic carbocycles. The number of anilines is 1. The first-order valence-corrected chi connectivity index (χ1v) is 13.2. The molecule has 4 aromatic rings. The van der Waals surface area contributed by atoms with E-state index in [1.54, 1.807) is 0 Å². The Morgan fingerprint density at radius 1 is 0.833 bits per heavy atom. The fraction of sp³-hybridized carbons (Fsp3) is 0.267. The second-order valence-electron chi connectivity index (χ2n) is 9.59. The fourth-order valence-electron chi connectivity index (χ4n) is 5.48. The summed E-state index contributed by atoms with van der Waals surface area (Å²) in [5.74, 6) is 1.62. The fourth-order valence-corrected chi connectivity index (χ4v) is 5.83. The maximum atomic E-state index is 6.01. The molecule has 5 nitrogen and oxygen atoms in total. The first kappa shape index (κ1) is 22.8. The molecule has 0 spiro atoms. The first-order valence-electron chi connectivity index (χ1n) is 12.8. The summed E-state index contributed by atoms with van der Waals surface area (Å²) >= 11 is 5.90. The van der Waals surface area contributed by atoms with E-state index in [9.17, 15) is 0 Å². The van der Waals surface area contributed by atoms with Crippen molar-refractivity contribution in [3.8, 4) is 11.5 Å². The number of thiocarbonyl (C=S) groups is 1. The molecule has 1 saturated heterocycles. The molecule has 1 aliphatic heterocycles. The van der Waals surface area contributed by atoms with Crippen LogP contribution in [0.4, 0.5) is 5.69 Å². The number of hydrogen-bond acceptors (Lipinski definition) is 3. The van der Waals surface area contributed by atoms with Crippen molar-refractivity contribution >= 4 is 23.0 Å².